The minimum absolute atomic E-state index is 0.0612. The molecule has 12 heteroatoms. The Morgan fingerprint density at radius 2 is 1.88 bits per heavy atom. The lowest BCUT2D eigenvalue weighted by atomic mass is 10.1. The molecule has 3 atom stereocenters. The van der Waals surface area contributed by atoms with Gasteiger partial charge in [0.15, 0.2) is 11.7 Å². The van der Waals surface area contributed by atoms with Crippen molar-refractivity contribution in [3.63, 3.8) is 0 Å². The third-order valence-electron chi connectivity index (χ3n) is 7.54. The summed E-state index contributed by atoms with van der Waals surface area (Å²) in [6.45, 7) is 8.97. The zero-order valence-electron chi connectivity index (χ0n) is 22.7. The molecule has 2 aromatic heterocycles. The summed E-state index contributed by atoms with van der Waals surface area (Å²) < 4.78 is 51.6. The molecule has 0 radical (unpaired) electrons. The molecule has 6 rings (SSSR count). The zero-order chi connectivity index (χ0) is 28.9. The molecule has 3 N–H and O–H groups in total. The number of ether oxygens (including phenoxy) is 1. The van der Waals surface area contributed by atoms with Crippen molar-refractivity contribution in [1.29, 1.82) is 0 Å². The molecule has 41 heavy (non-hydrogen) atoms. The fourth-order valence-corrected chi connectivity index (χ4v) is 5.35. The highest BCUT2D eigenvalue weighted by Crippen LogP contribution is 2.38. The van der Waals surface area contributed by atoms with Crippen LogP contribution >= 0.6 is 0 Å². The van der Waals surface area contributed by atoms with Crippen LogP contribution in [0.4, 0.5) is 13.2 Å². The summed E-state index contributed by atoms with van der Waals surface area (Å²) in [4.78, 5) is 17.8. The van der Waals surface area contributed by atoms with Crippen LogP contribution in [-0.4, -0.2) is 71.1 Å². The van der Waals surface area contributed by atoms with Crippen LogP contribution < -0.4 is 15.8 Å². The van der Waals surface area contributed by atoms with E-state index < -0.39 is 17.9 Å². The maximum Gasteiger partial charge on any atom is 0.433 e. The van der Waals surface area contributed by atoms with Crippen LogP contribution in [0.15, 0.2) is 64.6 Å². The molecule has 0 bridgehead atoms. The van der Waals surface area contributed by atoms with Gasteiger partial charge in [0.2, 0.25) is 5.89 Å². The molecule has 0 spiro atoms. The zero-order valence-corrected chi connectivity index (χ0v) is 22.7. The number of rotatable bonds is 5. The summed E-state index contributed by atoms with van der Waals surface area (Å²) >= 11 is 0. The van der Waals surface area contributed by atoms with Crippen molar-refractivity contribution in [3.05, 3.63) is 72.3 Å². The van der Waals surface area contributed by atoms with Crippen LogP contribution in [0.2, 0.25) is 0 Å². The topological polar surface area (TPSA) is 105 Å². The molecule has 214 valence electrons. The van der Waals surface area contributed by atoms with Crippen LogP contribution in [0.3, 0.4) is 0 Å². The van der Waals surface area contributed by atoms with Gasteiger partial charge in [-0.1, -0.05) is 30.9 Å². The van der Waals surface area contributed by atoms with E-state index >= 15 is 0 Å². The lowest BCUT2D eigenvalue weighted by Crippen LogP contribution is -2.51. The van der Waals surface area contributed by atoms with E-state index in [9.17, 15) is 13.2 Å². The number of fused-ring (bicyclic) bond motifs is 2. The van der Waals surface area contributed by atoms with E-state index in [0.29, 0.717) is 41.2 Å². The van der Waals surface area contributed by atoms with E-state index in [-0.39, 0.29) is 29.2 Å². The molecule has 1 aliphatic carbocycles. The SMILES string of the molecule is C=C(c1nc(-c2ccc(OC)c3nc(C(F)(F)F)ccc23)oc1C(C)N)N1CCN(C2=NC3C=CC=CC3N2)CC1. The second-order valence-corrected chi connectivity index (χ2v) is 10.2. The highest BCUT2D eigenvalue weighted by Gasteiger charge is 2.34. The van der Waals surface area contributed by atoms with Gasteiger partial charge >= 0.3 is 6.18 Å². The molecule has 3 aliphatic rings. The third kappa shape index (κ3) is 4.92. The maximum atomic E-state index is 13.4. The first kappa shape index (κ1) is 26.9. The first-order valence-corrected chi connectivity index (χ1v) is 13.3. The maximum absolute atomic E-state index is 13.4. The number of aliphatic imine (C=N–C) groups is 1. The summed E-state index contributed by atoms with van der Waals surface area (Å²) in [5, 5.41) is 3.91. The molecule has 3 unspecified atom stereocenters. The number of benzene rings is 1. The van der Waals surface area contributed by atoms with Gasteiger partial charge in [0.1, 0.15) is 22.7 Å². The minimum atomic E-state index is -4.60. The molecule has 1 aromatic carbocycles. The first-order valence-electron chi connectivity index (χ1n) is 13.3. The van der Waals surface area contributed by atoms with Crippen molar-refractivity contribution < 1.29 is 22.3 Å². The number of oxazole rings is 1. The molecule has 0 amide bonds. The van der Waals surface area contributed by atoms with Gasteiger partial charge in [0, 0.05) is 37.1 Å². The Labute approximate surface area is 234 Å². The van der Waals surface area contributed by atoms with Crippen molar-refractivity contribution in [2.75, 3.05) is 33.3 Å². The predicted octanol–water partition coefficient (Wildman–Crippen LogP) is 4.35. The number of aromatic nitrogens is 2. The number of piperazine rings is 1. The second kappa shape index (κ2) is 10.3. The number of allylic oxidation sites excluding steroid dienone is 2. The summed E-state index contributed by atoms with van der Waals surface area (Å²) in [5.41, 5.74) is 6.98. The summed E-state index contributed by atoms with van der Waals surface area (Å²) in [5.74, 6) is 1.77. The predicted molar refractivity (Wildman–Crippen MR) is 150 cm³/mol. The Hall–Kier alpha value is -4.32. The summed E-state index contributed by atoms with van der Waals surface area (Å²) in [7, 11) is 1.38. The van der Waals surface area contributed by atoms with Crippen LogP contribution in [0.1, 0.15) is 30.1 Å². The van der Waals surface area contributed by atoms with Gasteiger partial charge in [-0.15, -0.1) is 0 Å². The van der Waals surface area contributed by atoms with Crippen molar-refractivity contribution in [2.24, 2.45) is 10.7 Å². The number of nitrogens with two attached hydrogens (primary N) is 1. The van der Waals surface area contributed by atoms with Crippen molar-refractivity contribution in [2.45, 2.75) is 31.2 Å². The Balaban J connectivity index is 1.26. The third-order valence-corrected chi connectivity index (χ3v) is 7.54. The Morgan fingerprint density at radius 3 is 2.56 bits per heavy atom. The normalized spacial score (nSPS) is 21.1. The van der Waals surface area contributed by atoms with E-state index in [1.54, 1.807) is 19.1 Å². The number of nitrogens with one attached hydrogen (secondary N) is 1. The highest BCUT2D eigenvalue weighted by molar-refractivity contribution is 5.96. The van der Waals surface area contributed by atoms with Crippen LogP contribution in [0.25, 0.3) is 28.1 Å². The number of pyridine rings is 1. The van der Waals surface area contributed by atoms with Gasteiger partial charge in [-0.25, -0.2) is 15.0 Å². The van der Waals surface area contributed by atoms with Crippen molar-refractivity contribution in [3.8, 4) is 17.2 Å². The van der Waals surface area contributed by atoms with Crippen molar-refractivity contribution in [1.82, 2.24) is 25.1 Å². The van der Waals surface area contributed by atoms with Crippen LogP contribution in [0, 0.1) is 0 Å². The Bertz CT molecular complexity index is 1580. The largest absolute Gasteiger partial charge is 0.494 e. The fraction of sp³-hybridized carbons (Fsp3) is 0.345. The molecule has 4 heterocycles. The molecule has 9 nitrogen and oxygen atoms in total. The standard InChI is InChI=1S/C29H30F3N7O2/c1-16(33)26-24(17(2)38-12-14-39(15-13-38)28-34-20-6-4-5-7-21(20)35-28)37-27(41-26)19-8-10-22(40-3)25-18(19)9-11-23(36-25)29(30,31)32/h4-11,16,20-21H,2,12-15,33H2,1,3H3,(H,34,35). The lowest BCUT2D eigenvalue weighted by Gasteiger charge is -2.37. The molecule has 1 fully saturated rings. The lowest BCUT2D eigenvalue weighted by molar-refractivity contribution is -0.140. The van der Waals surface area contributed by atoms with Crippen LogP contribution in [-0.2, 0) is 6.18 Å². The van der Waals surface area contributed by atoms with E-state index in [0.717, 1.165) is 25.1 Å². The van der Waals surface area contributed by atoms with Gasteiger partial charge < -0.3 is 30.0 Å². The average molecular weight is 566 g/mol. The van der Waals surface area contributed by atoms with Gasteiger partial charge in [-0.2, -0.15) is 13.2 Å². The van der Waals surface area contributed by atoms with E-state index in [1.807, 2.05) is 12.2 Å². The van der Waals surface area contributed by atoms with Gasteiger partial charge in [0.25, 0.3) is 0 Å². The number of guanidine groups is 1. The molecular weight excluding hydrogens is 535 g/mol. The summed E-state index contributed by atoms with van der Waals surface area (Å²) in [6, 6.07) is 5.35. The second-order valence-electron chi connectivity index (χ2n) is 10.2. The Kier molecular flexibility index (Phi) is 6.72. The van der Waals surface area contributed by atoms with E-state index in [4.69, 9.17) is 24.9 Å². The Morgan fingerprint density at radius 1 is 1.12 bits per heavy atom. The van der Waals surface area contributed by atoms with Gasteiger partial charge in [0.05, 0.1) is 30.9 Å². The van der Waals surface area contributed by atoms with Gasteiger partial charge in [-0.05, 0) is 31.2 Å². The number of alkyl halides is 3. The molecule has 3 aromatic rings. The van der Waals surface area contributed by atoms with Crippen molar-refractivity contribution >= 4 is 22.6 Å². The number of halogens is 3. The molecule has 1 saturated heterocycles. The highest BCUT2D eigenvalue weighted by atomic mass is 19.4. The number of hydrogen-bond acceptors (Lipinski definition) is 9. The quantitative estimate of drug-likeness (QED) is 0.471. The van der Waals surface area contributed by atoms with Gasteiger partial charge in [-0.3, -0.25) is 0 Å². The minimum Gasteiger partial charge on any atom is -0.494 e. The number of nitrogens with zero attached hydrogens (tertiary/aromatic N) is 5. The first-order chi connectivity index (χ1) is 19.6. The number of methoxy groups -OCH3 is 1. The van der Waals surface area contributed by atoms with Crippen LogP contribution in [0.5, 0.6) is 5.75 Å². The smallest absolute Gasteiger partial charge is 0.433 e. The average Bonchev–Trinajstić information content (AvgIpc) is 3.61. The molecule has 2 aliphatic heterocycles. The van der Waals surface area contributed by atoms with E-state index in [1.165, 1.54) is 13.2 Å². The summed E-state index contributed by atoms with van der Waals surface area (Å²) in [6.07, 6.45) is 3.67. The molecular formula is C29H30F3N7O2. The fourth-order valence-electron chi connectivity index (χ4n) is 5.35. The molecule has 0 saturated carbocycles. The number of hydrogen-bond donors (Lipinski definition) is 2. The monoisotopic (exact) mass is 565 g/mol. The van der Waals surface area contributed by atoms with E-state index in [2.05, 4.69) is 38.8 Å².